The van der Waals surface area contributed by atoms with E-state index in [1.165, 1.54) is 6.33 Å². The Kier molecular flexibility index (Phi) is 4.69. The summed E-state index contributed by atoms with van der Waals surface area (Å²) in [6.07, 6.45) is 1.49. The van der Waals surface area contributed by atoms with Gasteiger partial charge in [-0.2, -0.15) is 0 Å². The summed E-state index contributed by atoms with van der Waals surface area (Å²) in [4.78, 5) is 8.23. The van der Waals surface area contributed by atoms with Crippen LogP contribution in [0.4, 0.5) is 5.82 Å². The molecular weight excluding hydrogens is 218 g/mol. The number of hydrogen-bond acceptors (Lipinski definition) is 5. The number of nitrogens with one attached hydrogen (secondary N) is 1. The average molecular weight is 239 g/mol. The third-order valence-corrected chi connectivity index (χ3v) is 2.45. The Balaban J connectivity index is 2.69. The van der Waals surface area contributed by atoms with Crippen molar-refractivity contribution in [3.63, 3.8) is 0 Å². The third-order valence-electron chi connectivity index (χ3n) is 2.45. The van der Waals surface area contributed by atoms with Gasteiger partial charge in [0.2, 0.25) is 5.88 Å². The second kappa shape index (κ2) is 5.82. The molecule has 1 heterocycles. The van der Waals surface area contributed by atoms with E-state index in [0.29, 0.717) is 19.0 Å². The number of aromatic nitrogens is 2. The van der Waals surface area contributed by atoms with Gasteiger partial charge in [0.25, 0.3) is 0 Å². The molecule has 0 atom stereocenters. The summed E-state index contributed by atoms with van der Waals surface area (Å²) >= 11 is 0. The Morgan fingerprint density at radius 2 is 2.06 bits per heavy atom. The van der Waals surface area contributed by atoms with Crippen molar-refractivity contribution in [2.75, 3.05) is 25.6 Å². The van der Waals surface area contributed by atoms with Crippen LogP contribution in [0.2, 0.25) is 0 Å². The molecule has 5 nitrogen and oxygen atoms in total. The van der Waals surface area contributed by atoms with Crippen LogP contribution in [0.15, 0.2) is 6.33 Å². The lowest BCUT2D eigenvalue weighted by atomic mass is 10.1. The van der Waals surface area contributed by atoms with Crippen LogP contribution in [0.25, 0.3) is 0 Å². The van der Waals surface area contributed by atoms with Crippen molar-refractivity contribution in [2.24, 2.45) is 0 Å². The largest absolute Gasteiger partial charge is 0.481 e. The summed E-state index contributed by atoms with van der Waals surface area (Å²) < 4.78 is 10.8. The molecular formula is C12H21N3O2. The Morgan fingerprint density at radius 1 is 1.35 bits per heavy atom. The maximum absolute atomic E-state index is 5.61. The highest BCUT2D eigenvalue weighted by Crippen LogP contribution is 2.20. The van der Waals surface area contributed by atoms with E-state index < -0.39 is 0 Å². The first-order chi connectivity index (χ1) is 8.00. The van der Waals surface area contributed by atoms with Crippen LogP contribution in [0.5, 0.6) is 5.88 Å². The summed E-state index contributed by atoms with van der Waals surface area (Å²) in [6.45, 7) is 9.37. The summed E-state index contributed by atoms with van der Waals surface area (Å²) in [5.74, 6) is 1.38. The predicted molar refractivity (Wildman–Crippen MR) is 67.5 cm³/mol. The molecule has 0 saturated carbocycles. The Bertz CT molecular complexity index is 367. The van der Waals surface area contributed by atoms with Gasteiger partial charge in [0.15, 0.2) is 0 Å². The maximum Gasteiger partial charge on any atom is 0.221 e. The second-order valence-corrected chi connectivity index (χ2v) is 4.40. The highest BCUT2D eigenvalue weighted by atomic mass is 16.5. The van der Waals surface area contributed by atoms with Gasteiger partial charge in [-0.25, -0.2) is 9.97 Å². The fourth-order valence-electron chi connectivity index (χ4n) is 1.56. The van der Waals surface area contributed by atoms with Crippen molar-refractivity contribution in [3.05, 3.63) is 11.9 Å². The van der Waals surface area contributed by atoms with Gasteiger partial charge in [0.1, 0.15) is 12.1 Å². The number of anilines is 1. The predicted octanol–water partition coefficient (Wildman–Crippen LogP) is 2.02. The molecule has 1 aromatic rings. The van der Waals surface area contributed by atoms with Gasteiger partial charge >= 0.3 is 0 Å². The lowest BCUT2D eigenvalue weighted by molar-refractivity contribution is 0.000629. The molecule has 0 spiro atoms. The van der Waals surface area contributed by atoms with Gasteiger partial charge in [-0.1, -0.05) is 0 Å². The van der Waals surface area contributed by atoms with E-state index in [0.717, 1.165) is 11.4 Å². The summed E-state index contributed by atoms with van der Waals surface area (Å²) in [6, 6.07) is 0. The molecule has 5 heteroatoms. The quantitative estimate of drug-likeness (QED) is 0.823. The lowest BCUT2D eigenvalue weighted by Crippen LogP contribution is -2.33. The van der Waals surface area contributed by atoms with Crippen LogP contribution in [0, 0.1) is 6.92 Å². The Hall–Kier alpha value is -1.36. The van der Waals surface area contributed by atoms with Gasteiger partial charge in [-0.15, -0.1) is 0 Å². The molecule has 0 aromatic carbocycles. The van der Waals surface area contributed by atoms with E-state index in [1.54, 1.807) is 7.11 Å². The van der Waals surface area contributed by atoms with Crippen molar-refractivity contribution in [3.8, 4) is 5.88 Å². The highest BCUT2D eigenvalue weighted by molar-refractivity contribution is 5.47. The van der Waals surface area contributed by atoms with Crippen LogP contribution in [-0.2, 0) is 4.74 Å². The van der Waals surface area contributed by atoms with Crippen molar-refractivity contribution >= 4 is 5.82 Å². The summed E-state index contributed by atoms with van der Waals surface area (Å²) in [5.41, 5.74) is 0.682. The van der Waals surface area contributed by atoms with E-state index in [2.05, 4.69) is 15.3 Å². The van der Waals surface area contributed by atoms with Crippen molar-refractivity contribution < 1.29 is 9.47 Å². The third kappa shape index (κ3) is 3.85. The molecule has 0 fully saturated rings. The van der Waals surface area contributed by atoms with E-state index in [-0.39, 0.29) is 5.60 Å². The summed E-state index contributed by atoms with van der Waals surface area (Å²) in [7, 11) is 1.60. The van der Waals surface area contributed by atoms with E-state index in [1.807, 2.05) is 27.7 Å². The minimum atomic E-state index is -0.223. The van der Waals surface area contributed by atoms with E-state index in [9.17, 15) is 0 Å². The van der Waals surface area contributed by atoms with Crippen LogP contribution in [-0.4, -0.2) is 35.8 Å². The fourth-order valence-corrected chi connectivity index (χ4v) is 1.56. The smallest absolute Gasteiger partial charge is 0.221 e. The first-order valence-corrected chi connectivity index (χ1v) is 5.73. The maximum atomic E-state index is 5.61. The molecule has 1 N–H and O–H groups in total. The van der Waals surface area contributed by atoms with Crippen LogP contribution >= 0.6 is 0 Å². The molecule has 0 bridgehead atoms. The van der Waals surface area contributed by atoms with Crippen LogP contribution in [0.1, 0.15) is 26.3 Å². The van der Waals surface area contributed by atoms with Gasteiger partial charge in [-0.05, 0) is 27.7 Å². The van der Waals surface area contributed by atoms with Crippen LogP contribution in [0.3, 0.4) is 0 Å². The molecule has 96 valence electrons. The highest BCUT2D eigenvalue weighted by Gasteiger charge is 2.18. The first kappa shape index (κ1) is 13.7. The molecule has 1 aromatic heterocycles. The zero-order valence-corrected chi connectivity index (χ0v) is 11.2. The number of hydrogen-bond donors (Lipinski definition) is 1. The molecule has 0 amide bonds. The van der Waals surface area contributed by atoms with E-state index >= 15 is 0 Å². The number of rotatable bonds is 6. The zero-order valence-electron chi connectivity index (χ0n) is 11.2. The molecule has 0 radical (unpaired) electrons. The molecule has 0 aliphatic heterocycles. The van der Waals surface area contributed by atoms with Gasteiger partial charge < -0.3 is 14.8 Å². The minimum absolute atomic E-state index is 0.223. The second-order valence-electron chi connectivity index (χ2n) is 4.40. The SMILES string of the molecule is CCOC(C)(C)CNc1ncnc(OC)c1C. The summed E-state index contributed by atoms with van der Waals surface area (Å²) in [5, 5.41) is 3.26. The van der Waals surface area contributed by atoms with Crippen molar-refractivity contribution in [2.45, 2.75) is 33.3 Å². The Labute approximate surface area is 103 Å². The van der Waals surface area contributed by atoms with Crippen molar-refractivity contribution in [1.29, 1.82) is 0 Å². The molecule has 0 aliphatic rings. The standard InChI is InChI=1S/C12H21N3O2/c1-6-17-12(3,4)7-13-10-9(2)11(16-5)15-8-14-10/h8H,6-7H2,1-5H3,(H,13,14,15). The van der Waals surface area contributed by atoms with Crippen LogP contribution < -0.4 is 10.1 Å². The first-order valence-electron chi connectivity index (χ1n) is 5.73. The minimum Gasteiger partial charge on any atom is -0.481 e. The zero-order chi connectivity index (χ0) is 12.9. The monoisotopic (exact) mass is 239 g/mol. The number of nitrogens with zero attached hydrogens (tertiary/aromatic N) is 2. The van der Waals surface area contributed by atoms with Crippen molar-refractivity contribution in [1.82, 2.24) is 9.97 Å². The molecule has 0 saturated heterocycles. The molecule has 0 unspecified atom stereocenters. The lowest BCUT2D eigenvalue weighted by Gasteiger charge is -2.25. The Morgan fingerprint density at radius 3 is 2.65 bits per heavy atom. The number of ether oxygens (including phenoxy) is 2. The molecule has 1 rings (SSSR count). The fraction of sp³-hybridized carbons (Fsp3) is 0.667. The van der Waals surface area contributed by atoms with Gasteiger partial charge in [-0.3, -0.25) is 0 Å². The van der Waals surface area contributed by atoms with Gasteiger partial charge in [0.05, 0.1) is 18.3 Å². The molecule has 0 aliphatic carbocycles. The van der Waals surface area contributed by atoms with E-state index in [4.69, 9.17) is 9.47 Å². The van der Waals surface area contributed by atoms with Gasteiger partial charge in [0, 0.05) is 13.2 Å². The topological polar surface area (TPSA) is 56.3 Å². The number of methoxy groups -OCH3 is 1. The average Bonchev–Trinajstić information content (AvgIpc) is 2.28. The molecule has 17 heavy (non-hydrogen) atoms. The normalized spacial score (nSPS) is 11.4.